The smallest absolute Gasteiger partial charge is 0.314 e. The summed E-state index contributed by atoms with van der Waals surface area (Å²) in [4.78, 5) is 8.61. The van der Waals surface area contributed by atoms with Gasteiger partial charge in [-0.15, -0.1) is 20.4 Å². The molecule has 15 nitrogen and oxygen atoms in total. The van der Waals surface area contributed by atoms with Crippen LogP contribution >= 0.6 is 0 Å². The number of nitrogens with zero attached hydrogens (tertiary/aromatic N) is 8. The molecule has 0 radical (unpaired) electrons. The van der Waals surface area contributed by atoms with Gasteiger partial charge >= 0.3 is 12.9 Å². The van der Waals surface area contributed by atoms with E-state index in [1.807, 2.05) is 12.1 Å². The van der Waals surface area contributed by atoms with Crippen molar-refractivity contribution in [1.82, 2.24) is 35.7 Å². The molecule has 0 bridgehead atoms. The average Bonchev–Trinajstić information content (AvgIpc) is 4.02. The molecule has 0 atom stereocenters. The van der Waals surface area contributed by atoms with Crippen molar-refractivity contribution in [3.05, 3.63) is 120 Å². The Hall–Kier alpha value is -5.80. The molecule has 1 aliphatic carbocycles. The van der Waals surface area contributed by atoms with Crippen molar-refractivity contribution >= 4 is 31.4 Å². The van der Waals surface area contributed by atoms with Crippen LogP contribution < -0.4 is 13.9 Å². The Morgan fingerprint density at radius 2 is 0.984 bits per heavy atom. The molecule has 4 aromatic heterocycles. The number of para-hydroxylation sites is 2. The van der Waals surface area contributed by atoms with Gasteiger partial charge in [-0.1, -0.05) is 55.7 Å². The Bertz CT molecular complexity index is 2380. The van der Waals surface area contributed by atoms with Gasteiger partial charge in [0.1, 0.15) is 0 Å². The maximum atomic E-state index is 13.4. The number of nitrogens with one attached hydrogen (secondary N) is 1. The van der Waals surface area contributed by atoms with Crippen LogP contribution in [-0.2, 0) is 33.1 Å². The quantitative estimate of drug-likeness (QED) is 0.104. The van der Waals surface area contributed by atoms with Gasteiger partial charge in [0.2, 0.25) is 31.8 Å². The van der Waals surface area contributed by atoms with Crippen LogP contribution in [0.15, 0.2) is 106 Å². The number of aromatic nitrogens is 6. The normalized spacial score (nSPS) is 15.3. The maximum absolute atomic E-state index is 13.4. The van der Waals surface area contributed by atoms with E-state index < -0.39 is 55.2 Å². The summed E-state index contributed by atoms with van der Waals surface area (Å²) in [5.74, 6) is -1.66. The first-order valence-electron chi connectivity index (χ1n) is 19.9. The van der Waals surface area contributed by atoms with Gasteiger partial charge < -0.3 is 14.2 Å². The van der Waals surface area contributed by atoms with Gasteiger partial charge in [0.15, 0.2) is 0 Å². The first-order valence-corrected chi connectivity index (χ1v) is 22.9. The molecule has 2 aromatic carbocycles. The number of hydrogen-bond donors (Lipinski definition) is 1. The van der Waals surface area contributed by atoms with E-state index >= 15 is 0 Å². The van der Waals surface area contributed by atoms with Crippen molar-refractivity contribution in [3.63, 3.8) is 0 Å². The van der Waals surface area contributed by atoms with Crippen LogP contribution in [0.4, 0.5) is 28.9 Å². The third kappa shape index (κ3) is 10.6. The molecule has 0 unspecified atom stereocenters. The van der Waals surface area contributed by atoms with Gasteiger partial charge in [-0.05, 0) is 87.3 Å². The first-order chi connectivity index (χ1) is 29.9. The molecule has 21 heteroatoms. The summed E-state index contributed by atoms with van der Waals surface area (Å²) in [6, 6.07) is 24.3. The molecule has 62 heavy (non-hydrogen) atoms. The second kappa shape index (κ2) is 19.9. The van der Waals surface area contributed by atoms with Crippen molar-refractivity contribution in [3.8, 4) is 22.9 Å². The number of sulfonamides is 2. The van der Waals surface area contributed by atoms with Crippen molar-refractivity contribution in [2.75, 3.05) is 21.7 Å². The lowest BCUT2D eigenvalue weighted by Crippen LogP contribution is -2.44. The zero-order valence-corrected chi connectivity index (χ0v) is 34.8. The SMILES string of the molecule is O=S(=O)(C1CCCCC1)N(Cc1ccc(-c2nnc(C(F)F)o2)cn1)c1ccccc1.O=S(=O)(C1CCNCC1)N(Cc1ccc(-c2nnc(C(F)F)o2)cn1)c1ccccc1. The zero-order chi connectivity index (χ0) is 43.7. The van der Waals surface area contributed by atoms with E-state index in [1.165, 1.54) is 21.0 Å². The van der Waals surface area contributed by atoms with Crippen LogP contribution in [-0.4, -0.2) is 70.8 Å². The van der Waals surface area contributed by atoms with E-state index in [-0.39, 0.29) is 24.9 Å². The van der Waals surface area contributed by atoms with Crippen LogP contribution in [0.25, 0.3) is 22.9 Å². The molecule has 2 aliphatic rings. The van der Waals surface area contributed by atoms with E-state index in [2.05, 4.69) is 35.7 Å². The predicted molar refractivity (Wildman–Crippen MR) is 221 cm³/mol. The van der Waals surface area contributed by atoms with E-state index in [0.717, 1.165) is 19.3 Å². The van der Waals surface area contributed by atoms with Gasteiger partial charge in [-0.3, -0.25) is 18.6 Å². The molecular weight excluding hydrogens is 855 g/mol. The predicted octanol–water partition coefficient (Wildman–Crippen LogP) is 7.90. The average molecular weight is 898 g/mol. The summed E-state index contributed by atoms with van der Waals surface area (Å²) in [6.45, 7) is 1.42. The minimum absolute atomic E-state index is 0.0443. The fourth-order valence-electron chi connectivity index (χ4n) is 7.12. The highest BCUT2D eigenvalue weighted by Crippen LogP contribution is 2.32. The summed E-state index contributed by atoms with van der Waals surface area (Å²) in [5.41, 5.74) is 2.90. The lowest BCUT2D eigenvalue weighted by Gasteiger charge is -2.31. The number of alkyl halides is 4. The Labute approximate surface area is 355 Å². The molecule has 8 rings (SSSR count). The number of anilines is 2. The van der Waals surface area contributed by atoms with E-state index in [4.69, 9.17) is 8.83 Å². The first kappa shape index (κ1) is 44.3. The molecular formula is C41H43F4N9O6S2. The highest BCUT2D eigenvalue weighted by atomic mass is 32.2. The second-order valence-electron chi connectivity index (χ2n) is 14.6. The molecule has 1 N–H and O–H groups in total. The monoisotopic (exact) mass is 897 g/mol. The Morgan fingerprint density at radius 3 is 1.35 bits per heavy atom. The second-order valence-corrected chi connectivity index (χ2v) is 18.8. The maximum Gasteiger partial charge on any atom is 0.314 e. The molecule has 5 heterocycles. The molecule has 0 spiro atoms. The fourth-order valence-corrected chi connectivity index (χ4v) is 11.1. The molecule has 1 saturated heterocycles. The summed E-state index contributed by atoms with van der Waals surface area (Å²) in [6.07, 6.45) is 2.38. The van der Waals surface area contributed by atoms with Crippen LogP contribution in [0.2, 0.25) is 0 Å². The highest BCUT2D eigenvalue weighted by molar-refractivity contribution is 7.93. The zero-order valence-electron chi connectivity index (χ0n) is 33.2. The van der Waals surface area contributed by atoms with Gasteiger partial charge in [0.05, 0.1) is 57.5 Å². The van der Waals surface area contributed by atoms with Crippen molar-refractivity contribution in [1.29, 1.82) is 0 Å². The van der Waals surface area contributed by atoms with Crippen molar-refractivity contribution in [2.24, 2.45) is 0 Å². The summed E-state index contributed by atoms with van der Waals surface area (Å²) in [7, 11) is -7.19. The van der Waals surface area contributed by atoms with Crippen molar-refractivity contribution < 1.29 is 43.2 Å². The number of pyridine rings is 2. The largest absolute Gasteiger partial charge is 0.415 e. The number of benzene rings is 2. The van der Waals surface area contributed by atoms with Gasteiger partial charge in [0, 0.05) is 12.4 Å². The van der Waals surface area contributed by atoms with Crippen LogP contribution in [0, 0.1) is 0 Å². The standard InChI is InChI=1S/C21H22F2N4O3S.C20H21F2N5O3S/c22-19(23)21-26-25-20(30-21)15-11-12-16(24-13-15)14-27(17-7-3-1-4-8-17)31(28,29)18-9-5-2-6-10-18;21-18(22)20-26-25-19(30-20)14-6-7-15(24-12-14)13-27(16-4-2-1-3-5-16)31(28,29)17-8-10-23-11-9-17/h1,3-4,7-8,11-13,18-19H,2,5-6,9-10,14H2;1-7,12,17-18,23H,8-11,13H2. The van der Waals surface area contributed by atoms with E-state index in [9.17, 15) is 34.4 Å². The van der Waals surface area contributed by atoms with E-state index in [0.29, 0.717) is 72.7 Å². The molecule has 328 valence electrons. The van der Waals surface area contributed by atoms with Gasteiger partial charge in [-0.25, -0.2) is 16.8 Å². The van der Waals surface area contributed by atoms with Gasteiger partial charge in [-0.2, -0.15) is 17.6 Å². The minimum atomic E-state index is -3.61. The molecule has 0 amide bonds. The fraction of sp³-hybridized carbons (Fsp3) is 0.366. The number of halogens is 4. The third-order valence-corrected chi connectivity index (χ3v) is 14.9. The lowest BCUT2D eigenvalue weighted by atomic mass is 10.0. The van der Waals surface area contributed by atoms with Crippen LogP contribution in [0.1, 0.15) is 81.0 Å². The minimum Gasteiger partial charge on any atom is -0.415 e. The van der Waals surface area contributed by atoms with Crippen LogP contribution in [0.3, 0.4) is 0 Å². The highest BCUT2D eigenvalue weighted by Gasteiger charge is 2.35. The van der Waals surface area contributed by atoms with E-state index in [1.54, 1.807) is 72.8 Å². The van der Waals surface area contributed by atoms with Crippen molar-refractivity contribution in [2.45, 2.75) is 81.4 Å². The molecule has 1 aliphatic heterocycles. The Kier molecular flexibility index (Phi) is 14.2. The summed E-state index contributed by atoms with van der Waals surface area (Å²) < 4.78 is 117. The van der Waals surface area contributed by atoms with Crippen LogP contribution in [0.5, 0.6) is 0 Å². The molecule has 6 aromatic rings. The molecule has 2 fully saturated rings. The summed E-state index contributed by atoms with van der Waals surface area (Å²) in [5, 5.41) is 16.1. The number of rotatable bonds is 14. The number of hydrogen-bond acceptors (Lipinski definition) is 13. The summed E-state index contributed by atoms with van der Waals surface area (Å²) >= 11 is 0. The topological polar surface area (TPSA) is 190 Å². The Balaban J connectivity index is 0.000000186. The van der Waals surface area contributed by atoms with Gasteiger partial charge in [0.25, 0.3) is 11.8 Å². The Morgan fingerprint density at radius 1 is 0.565 bits per heavy atom. The molecule has 1 saturated carbocycles. The third-order valence-electron chi connectivity index (χ3n) is 10.4. The lowest BCUT2D eigenvalue weighted by molar-refractivity contribution is 0.115. The number of piperidine rings is 1.